The Bertz CT molecular complexity index is 196. The molecule has 0 saturated heterocycles. The minimum atomic E-state index is -3.03. The van der Waals surface area contributed by atoms with Crippen molar-refractivity contribution in [2.75, 3.05) is 6.26 Å². The van der Waals surface area contributed by atoms with Crippen molar-refractivity contribution >= 4 is 10.0 Å². The Morgan fingerprint density at radius 3 is 1.91 bits per heavy atom. The first kappa shape index (κ1) is 10.9. The maximum absolute atomic E-state index is 10.8. The van der Waals surface area contributed by atoms with E-state index in [1.54, 1.807) is 0 Å². The first-order valence-corrected chi connectivity index (χ1v) is 5.73. The first-order chi connectivity index (χ1) is 4.87. The summed E-state index contributed by atoms with van der Waals surface area (Å²) in [6.07, 6.45) is 2.03. The van der Waals surface area contributed by atoms with E-state index in [0.29, 0.717) is 5.92 Å². The van der Waals surface area contributed by atoms with E-state index < -0.39 is 10.0 Å². The van der Waals surface area contributed by atoms with Crippen molar-refractivity contribution in [2.24, 2.45) is 5.92 Å². The molecule has 0 spiro atoms. The summed E-state index contributed by atoms with van der Waals surface area (Å²) >= 11 is 0. The van der Waals surface area contributed by atoms with Gasteiger partial charge in [-0.3, -0.25) is 0 Å². The average Bonchev–Trinajstić information content (AvgIpc) is 1.80. The predicted molar refractivity (Wildman–Crippen MR) is 46.9 cm³/mol. The van der Waals surface area contributed by atoms with Gasteiger partial charge >= 0.3 is 0 Å². The van der Waals surface area contributed by atoms with Crippen molar-refractivity contribution in [3.63, 3.8) is 0 Å². The van der Waals surface area contributed by atoms with Crippen LogP contribution in [-0.4, -0.2) is 20.7 Å². The van der Waals surface area contributed by atoms with Crippen LogP contribution in [0.3, 0.4) is 0 Å². The maximum Gasteiger partial charge on any atom is 0.208 e. The molecule has 68 valence electrons. The highest BCUT2D eigenvalue weighted by molar-refractivity contribution is 7.88. The molecular formula is C7H17NO2S. The van der Waals surface area contributed by atoms with E-state index in [1.807, 2.05) is 20.8 Å². The zero-order valence-electron chi connectivity index (χ0n) is 7.59. The standard InChI is InChI=1S/C7H17NO2S/c1-5-7(6(2)3)8-11(4,9)10/h6-8H,5H2,1-4H3. The van der Waals surface area contributed by atoms with Crippen LogP contribution in [0.25, 0.3) is 0 Å². The van der Waals surface area contributed by atoms with E-state index in [-0.39, 0.29) is 6.04 Å². The van der Waals surface area contributed by atoms with E-state index in [4.69, 9.17) is 0 Å². The number of rotatable bonds is 4. The molecule has 3 nitrogen and oxygen atoms in total. The fourth-order valence-electron chi connectivity index (χ4n) is 0.966. The van der Waals surface area contributed by atoms with E-state index >= 15 is 0 Å². The Kier molecular flexibility index (Phi) is 4.03. The highest BCUT2D eigenvalue weighted by Crippen LogP contribution is 2.05. The Morgan fingerprint density at radius 1 is 1.36 bits per heavy atom. The molecule has 0 aliphatic carbocycles. The second-order valence-corrected chi connectivity index (χ2v) is 4.93. The Morgan fingerprint density at radius 2 is 1.82 bits per heavy atom. The molecule has 1 unspecified atom stereocenters. The van der Waals surface area contributed by atoms with E-state index in [2.05, 4.69) is 4.72 Å². The molecule has 0 aromatic rings. The largest absolute Gasteiger partial charge is 0.213 e. The Labute approximate surface area is 69.2 Å². The van der Waals surface area contributed by atoms with Gasteiger partial charge < -0.3 is 0 Å². The maximum atomic E-state index is 10.8. The van der Waals surface area contributed by atoms with Crippen molar-refractivity contribution in [3.8, 4) is 0 Å². The lowest BCUT2D eigenvalue weighted by Gasteiger charge is -2.18. The van der Waals surface area contributed by atoms with Crippen LogP contribution in [-0.2, 0) is 10.0 Å². The second-order valence-electron chi connectivity index (χ2n) is 3.15. The molecule has 1 atom stereocenters. The summed E-state index contributed by atoms with van der Waals surface area (Å²) in [4.78, 5) is 0. The van der Waals surface area contributed by atoms with E-state index in [1.165, 1.54) is 6.26 Å². The quantitative estimate of drug-likeness (QED) is 0.699. The third-order valence-electron chi connectivity index (χ3n) is 1.61. The van der Waals surface area contributed by atoms with Crippen LogP contribution in [0.5, 0.6) is 0 Å². The van der Waals surface area contributed by atoms with Crippen molar-refractivity contribution < 1.29 is 8.42 Å². The molecule has 0 aliphatic heterocycles. The molecule has 0 rings (SSSR count). The summed E-state index contributed by atoms with van der Waals surface area (Å²) < 4.78 is 24.2. The molecule has 0 aromatic carbocycles. The fraction of sp³-hybridized carbons (Fsp3) is 1.00. The molecule has 0 saturated carbocycles. The van der Waals surface area contributed by atoms with Crippen LogP contribution in [0.1, 0.15) is 27.2 Å². The molecule has 4 heteroatoms. The van der Waals surface area contributed by atoms with Crippen LogP contribution < -0.4 is 4.72 Å². The summed E-state index contributed by atoms with van der Waals surface area (Å²) in [7, 11) is -3.03. The topological polar surface area (TPSA) is 46.2 Å². The van der Waals surface area contributed by atoms with Gasteiger partial charge in [-0.2, -0.15) is 0 Å². The van der Waals surface area contributed by atoms with Gasteiger partial charge in [-0.25, -0.2) is 13.1 Å². The fourth-order valence-corrected chi connectivity index (χ4v) is 1.95. The van der Waals surface area contributed by atoms with Crippen molar-refractivity contribution in [1.82, 2.24) is 4.72 Å². The summed E-state index contributed by atoms with van der Waals surface area (Å²) in [6.45, 7) is 5.99. The molecule has 0 heterocycles. The van der Waals surface area contributed by atoms with Crippen LogP contribution in [0, 0.1) is 5.92 Å². The van der Waals surface area contributed by atoms with Crippen molar-refractivity contribution in [2.45, 2.75) is 33.2 Å². The van der Waals surface area contributed by atoms with E-state index in [9.17, 15) is 8.42 Å². The highest BCUT2D eigenvalue weighted by Gasteiger charge is 2.14. The highest BCUT2D eigenvalue weighted by atomic mass is 32.2. The minimum Gasteiger partial charge on any atom is -0.213 e. The van der Waals surface area contributed by atoms with Gasteiger partial charge in [0.2, 0.25) is 10.0 Å². The summed E-state index contributed by atoms with van der Waals surface area (Å²) in [6, 6.07) is 0.0741. The summed E-state index contributed by atoms with van der Waals surface area (Å²) in [5.41, 5.74) is 0. The zero-order chi connectivity index (χ0) is 9.07. The summed E-state index contributed by atoms with van der Waals surface area (Å²) in [5.74, 6) is 0.356. The molecule has 0 aromatic heterocycles. The number of hydrogen-bond acceptors (Lipinski definition) is 2. The van der Waals surface area contributed by atoms with Gasteiger partial charge in [0.1, 0.15) is 0 Å². The molecule has 0 bridgehead atoms. The molecule has 0 aliphatic rings. The number of nitrogens with one attached hydrogen (secondary N) is 1. The van der Waals surface area contributed by atoms with Crippen LogP contribution in [0.2, 0.25) is 0 Å². The molecule has 1 N–H and O–H groups in total. The van der Waals surface area contributed by atoms with Gasteiger partial charge in [0.05, 0.1) is 6.26 Å². The lowest BCUT2D eigenvalue weighted by atomic mass is 10.0. The van der Waals surface area contributed by atoms with Crippen LogP contribution >= 0.6 is 0 Å². The first-order valence-electron chi connectivity index (χ1n) is 3.84. The molecule has 0 amide bonds. The van der Waals surface area contributed by atoms with Gasteiger partial charge in [0, 0.05) is 6.04 Å². The van der Waals surface area contributed by atoms with Crippen LogP contribution in [0.15, 0.2) is 0 Å². The van der Waals surface area contributed by atoms with Crippen LogP contribution in [0.4, 0.5) is 0 Å². The lowest BCUT2D eigenvalue weighted by Crippen LogP contribution is -2.37. The molecule has 0 fully saturated rings. The smallest absolute Gasteiger partial charge is 0.208 e. The Balaban J connectivity index is 4.10. The Hall–Kier alpha value is -0.0900. The lowest BCUT2D eigenvalue weighted by molar-refractivity contribution is 0.439. The number of hydrogen-bond donors (Lipinski definition) is 1. The molecule has 0 radical (unpaired) electrons. The summed E-state index contributed by atoms with van der Waals surface area (Å²) in [5, 5.41) is 0. The van der Waals surface area contributed by atoms with Gasteiger partial charge in [0.25, 0.3) is 0 Å². The molecule has 11 heavy (non-hydrogen) atoms. The van der Waals surface area contributed by atoms with Crippen molar-refractivity contribution in [1.29, 1.82) is 0 Å². The second kappa shape index (κ2) is 4.07. The predicted octanol–water partition coefficient (Wildman–Crippen LogP) is 0.970. The van der Waals surface area contributed by atoms with Gasteiger partial charge in [-0.15, -0.1) is 0 Å². The SMILES string of the molecule is CCC(NS(C)(=O)=O)C(C)C. The zero-order valence-corrected chi connectivity index (χ0v) is 8.40. The monoisotopic (exact) mass is 179 g/mol. The van der Waals surface area contributed by atoms with Gasteiger partial charge in [0.15, 0.2) is 0 Å². The minimum absolute atomic E-state index is 0.0741. The van der Waals surface area contributed by atoms with Gasteiger partial charge in [-0.05, 0) is 12.3 Å². The molecular weight excluding hydrogens is 162 g/mol. The number of sulfonamides is 1. The normalized spacial score (nSPS) is 15.4. The third kappa shape index (κ3) is 5.21. The van der Waals surface area contributed by atoms with E-state index in [0.717, 1.165) is 6.42 Å². The third-order valence-corrected chi connectivity index (χ3v) is 2.34. The average molecular weight is 179 g/mol. The van der Waals surface area contributed by atoms with Gasteiger partial charge in [-0.1, -0.05) is 20.8 Å². The van der Waals surface area contributed by atoms with Crippen molar-refractivity contribution in [3.05, 3.63) is 0 Å².